The van der Waals surface area contributed by atoms with E-state index in [1.54, 1.807) is 12.0 Å². The van der Waals surface area contributed by atoms with Crippen molar-refractivity contribution in [2.24, 2.45) is 0 Å². The largest absolute Gasteiger partial charge is 0.497 e. The molecule has 2 aromatic carbocycles. The first-order chi connectivity index (χ1) is 14.4. The first-order valence-corrected chi connectivity index (χ1v) is 9.98. The molecule has 6 nitrogen and oxygen atoms in total. The van der Waals surface area contributed by atoms with Gasteiger partial charge in [-0.15, -0.1) is 0 Å². The second-order valence-corrected chi connectivity index (χ2v) is 7.57. The lowest BCUT2D eigenvalue weighted by molar-refractivity contribution is 0.243. The van der Waals surface area contributed by atoms with E-state index >= 15 is 0 Å². The van der Waals surface area contributed by atoms with Crippen molar-refractivity contribution in [1.29, 1.82) is 0 Å². The summed E-state index contributed by atoms with van der Waals surface area (Å²) >= 11 is 0. The third kappa shape index (κ3) is 5.18. The fraction of sp³-hybridized carbons (Fsp3) is 0.409. The van der Waals surface area contributed by atoms with Crippen molar-refractivity contribution in [2.45, 2.75) is 18.9 Å². The zero-order valence-electron chi connectivity index (χ0n) is 17.5. The molecule has 3 rings (SSSR count). The normalized spacial score (nSPS) is 14.7. The number of hydrogen-bond acceptors (Lipinski definition) is 4. The van der Waals surface area contributed by atoms with Gasteiger partial charge in [0.2, 0.25) is 0 Å². The van der Waals surface area contributed by atoms with Crippen LogP contribution in [0.2, 0.25) is 0 Å². The Morgan fingerprint density at radius 1 is 1.17 bits per heavy atom. The van der Waals surface area contributed by atoms with Crippen molar-refractivity contribution in [3.8, 4) is 5.75 Å². The standard InChI is InChI=1S/C22H28F2N4O2/c1-27(2)20(15-7-6-8-17(11-15)30-3)14-25-22(29)26-16-12-18(23)21(19(24)13-16)28-9-4-5-10-28/h6-8,11-13,20H,4-5,9-10,14H2,1-3H3,(H2,25,26,29). The minimum absolute atomic E-state index is 0.0239. The molecule has 162 valence electrons. The highest BCUT2D eigenvalue weighted by molar-refractivity contribution is 5.89. The van der Waals surface area contributed by atoms with Crippen LogP contribution in [-0.4, -0.2) is 51.8 Å². The zero-order valence-corrected chi connectivity index (χ0v) is 17.5. The van der Waals surface area contributed by atoms with Gasteiger partial charge in [0.15, 0.2) is 11.6 Å². The first-order valence-electron chi connectivity index (χ1n) is 9.98. The minimum Gasteiger partial charge on any atom is -0.497 e. The van der Waals surface area contributed by atoms with Gasteiger partial charge in [-0.25, -0.2) is 13.6 Å². The molecule has 1 aliphatic rings. The molecular formula is C22H28F2N4O2. The van der Waals surface area contributed by atoms with Gasteiger partial charge >= 0.3 is 6.03 Å². The van der Waals surface area contributed by atoms with Crippen LogP contribution in [0.3, 0.4) is 0 Å². The second kappa shape index (κ2) is 9.75. The molecule has 2 aromatic rings. The van der Waals surface area contributed by atoms with Gasteiger partial charge in [-0.2, -0.15) is 0 Å². The van der Waals surface area contributed by atoms with Gasteiger partial charge in [0, 0.05) is 25.3 Å². The van der Waals surface area contributed by atoms with Crippen molar-refractivity contribution in [3.63, 3.8) is 0 Å². The fourth-order valence-electron chi connectivity index (χ4n) is 3.69. The van der Waals surface area contributed by atoms with Crippen LogP contribution in [0.15, 0.2) is 36.4 Å². The molecule has 1 atom stereocenters. The predicted molar refractivity (Wildman–Crippen MR) is 114 cm³/mol. The number of carbonyl (C=O) groups is 1. The van der Waals surface area contributed by atoms with Crippen molar-refractivity contribution >= 4 is 17.4 Å². The number of halogens is 2. The number of nitrogens with one attached hydrogen (secondary N) is 2. The summed E-state index contributed by atoms with van der Waals surface area (Å²) in [7, 11) is 5.42. The third-order valence-electron chi connectivity index (χ3n) is 5.25. The summed E-state index contributed by atoms with van der Waals surface area (Å²) in [6, 6.07) is 9.28. The van der Waals surface area contributed by atoms with Crippen LogP contribution in [0.4, 0.5) is 25.0 Å². The Morgan fingerprint density at radius 2 is 1.83 bits per heavy atom. The number of rotatable bonds is 7. The lowest BCUT2D eigenvalue weighted by Gasteiger charge is -2.25. The molecule has 1 fully saturated rings. The molecule has 8 heteroatoms. The summed E-state index contributed by atoms with van der Waals surface area (Å²) in [5.41, 5.74) is 1.03. The lowest BCUT2D eigenvalue weighted by Crippen LogP contribution is -2.37. The molecular weight excluding hydrogens is 390 g/mol. The molecule has 30 heavy (non-hydrogen) atoms. The van der Waals surface area contributed by atoms with E-state index in [1.165, 1.54) is 0 Å². The van der Waals surface area contributed by atoms with Crippen LogP contribution >= 0.6 is 0 Å². The summed E-state index contributed by atoms with van der Waals surface area (Å²) < 4.78 is 34.2. The first kappa shape index (κ1) is 21.8. The van der Waals surface area contributed by atoms with Crippen LogP contribution < -0.4 is 20.3 Å². The molecule has 0 aliphatic carbocycles. The average molecular weight is 418 g/mol. The monoisotopic (exact) mass is 418 g/mol. The average Bonchev–Trinajstić information content (AvgIpc) is 3.21. The molecule has 2 N–H and O–H groups in total. The Morgan fingerprint density at radius 3 is 2.43 bits per heavy atom. The predicted octanol–water partition coefficient (Wildman–Crippen LogP) is 4.00. The lowest BCUT2D eigenvalue weighted by atomic mass is 10.1. The number of carbonyl (C=O) groups excluding carboxylic acids is 1. The number of methoxy groups -OCH3 is 1. The van der Waals surface area contributed by atoms with Crippen LogP contribution in [0.25, 0.3) is 0 Å². The third-order valence-corrected chi connectivity index (χ3v) is 5.25. The smallest absolute Gasteiger partial charge is 0.319 e. The van der Waals surface area contributed by atoms with Gasteiger partial charge in [0.1, 0.15) is 11.4 Å². The molecule has 0 bridgehead atoms. The molecule has 1 saturated heterocycles. The van der Waals surface area contributed by atoms with Crippen LogP contribution in [0.5, 0.6) is 5.75 Å². The molecule has 1 aliphatic heterocycles. The zero-order chi connectivity index (χ0) is 21.7. The SMILES string of the molecule is COc1cccc(C(CNC(=O)Nc2cc(F)c(N3CCCC3)c(F)c2)N(C)C)c1. The van der Waals surface area contributed by atoms with Gasteiger partial charge in [-0.3, -0.25) is 0 Å². The van der Waals surface area contributed by atoms with Crippen molar-refractivity contribution in [2.75, 3.05) is 51.1 Å². The van der Waals surface area contributed by atoms with E-state index in [4.69, 9.17) is 4.74 Å². The number of urea groups is 1. The molecule has 0 aromatic heterocycles. The quantitative estimate of drug-likeness (QED) is 0.714. The molecule has 1 heterocycles. The van der Waals surface area contributed by atoms with E-state index in [1.807, 2.05) is 43.3 Å². The Kier molecular flexibility index (Phi) is 7.10. The van der Waals surface area contributed by atoms with E-state index in [0.29, 0.717) is 19.6 Å². The number of hydrogen-bond donors (Lipinski definition) is 2. The van der Waals surface area contributed by atoms with Gasteiger partial charge in [-0.1, -0.05) is 12.1 Å². The molecule has 2 amide bonds. The Hall–Kier alpha value is -2.87. The maximum absolute atomic E-state index is 14.5. The minimum atomic E-state index is -0.672. The van der Waals surface area contributed by atoms with Crippen LogP contribution in [0.1, 0.15) is 24.4 Å². The van der Waals surface area contributed by atoms with Gasteiger partial charge < -0.3 is 25.2 Å². The van der Waals surface area contributed by atoms with Crippen molar-refractivity contribution < 1.29 is 18.3 Å². The highest BCUT2D eigenvalue weighted by Crippen LogP contribution is 2.29. The Balaban J connectivity index is 1.64. The summed E-state index contributed by atoms with van der Waals surface area (Å²) in [5.74, 6) is -0.614. The fourth-order valence-corrected chi connectivity index (χ4v) is 3.69. The molecule has 0 radical (unpaired) electrons. The Bertz CT molecular complexity index is 862. The summed E-state index contributed by atoms with van der Waals surface area (Å²) in [6.07, 6.45) is 1.84. The van der Waals surface area contributed by atoms with E-state index in [2.05, 4.69) is 10.6 Å². The van der Waals surface area contributed by atoms with E-state index in [0.717, 1.165) is 36.3 Å². The summed E-state index contributed by atoms with van der Waals surface area (Å²) in [5, 5.41) is 5.29. The van der Waals surface area contributed by atoms with E-state index in [-0.39, 0.29) is 17.4 Å². The van der Waals surface area contributed by atoms with E-state index in [9.17, 15) is 13.6 Å². The molecule has 1 unspecified atom stereocenters. The number of ether oxygens (including phenoxy) is 1. The number of benzene rings is 2. The maximum Gasteiger partial charge on any atom is 0.319 e. The van der Waals surface area contributed by atoms with E-state index < -0.39 is 17.7 Å². The van der Waals surface area contributed by atoms with Crippen LogP contribution in [0, 0.1) is 11.6 Å². The van der Waals surface area contributed by atoms with Crippen LogP contribution in [-0.2, 0) is 0 Å². The molecule has 0 saturated carbocycles. The van der Waals surface area contributed by atoms with Crippen molar-refractivity contribution in [1.82, 2.24) is 10.2 Å². The number of nitrogens with zero attached hydrogens (tertiary/aromatic N) is 2. The van der Waals surface area contributed by atoms with Gasteiger partial charge in [0.25, 0.3) is 0 Å². The maximum atomic E-state index is 14.5. The summed E-state index contributed by atoms with van der Waals surface area (Å²) in [6.45, 7) is 1.58. The van der Waals surface area contributed by atoms with Crippen molar-refractivity contribution in [3.05, 3.63) is 53.6 Å². The number of likely N-dealkylation sites (N-methyl/N-ethyl adjacent to an activating group) is 1. The Labute approximate surface area is 175 Å². The topological polar surface area (TPSA) is 56.8 Å². The number of anilines is 2. The number of amides is 2. The second-order valence-electron chi connectivity index (χ2n) is 7.57. The summed E-state index contributed by atoms with van der Waals surface area (Å²) in [4.78, 5) is 16.0. The molecule has 0 spiro atoms. The highest BCUT2D eigenvalue weighted by Gasteiger charge is 2.22. The highest BCUT2D eigenvalue weighted by atomic mass is 19.1. The van der Waals surface area contributed by atoms with Gasteiger partial charge in [-0.05, 0) is 56.8 Å². The van der Waals surface area contributed by atoms with Gasteiger partial charge in [0.05, 0.1) is 13.2 Å².